The number of nitrogen functional groups attached to an aromatic ring is 1. The summed E-state index contributed by atoms with van der Waals surface area (Å²) in [5.41, 5.74) is 11.5. The van der Waals surface area contributed by atoms with Gasteiger partial charge in [0.05, 0.1) is 22.6 Å². The maximum Gasteiger partial charge on any atom is 0.325 e. The predicted molar refractivity (Wildman–Crippen MR) is 93.3 cm³/mol. The molecular formula is C16H17ClN4O3. The number of aromatic nitrogens is 3. The molecule has 5 N–H and O–H groups in total. The molecule has 0 unspecified atom stereocenters. The summed E-state index contributed by atoms with van der Waals surface area (Å²) in [6.07, 6.45) is 3.38. The lowest BCUT2D eigenvalue weighted by Gasteiger charge is -2.17. The van der Waals surface area contributed by atoms with Crippen molar-refractivity contribution in [3.63, 3.8) is 0 Å². The lowest BCUT2D eigenvalue weighted by molar-refractivity contribution is -0.137. The van der Waals surface area contributed by atoms with E-state index >= 15 is 0 Å². The summed E-state index contributed by atoms with van der Waals surface area (Å²) in [7, 11) is 0. The number of nitrogens with two attached hydrogens (primary N) is 1. The zero-order valence-corrected chi connectivity index (χ0v) is 13.5. The van der Waals surface area contributed by atoms with Crippen molar-refractivity contribution < 1.29 is 15.4 Å². The minimum absolute atomic E-state index is 0. The SMILES string of the molecule is Cl.Nc1c2c(nc3ccccc13)CCc1cn(CC(=O)O)nc1-2.O. The number of carbonyl (C=O) groups is 1. The van der Waals surface area contributed by atoms with Crippen LogP contribution in [-0.2, 0) is 24.2 Å². The average Bonchev–Trinajstić information content (AvgIpc) is 2.88. The Bertz CT molecular complexity index is 923. The van der Waals surface area contributed by atoms with E-state index in [4.69, 9.17) is 15.8 Å². The van der Waals surface area contributed by atoms with Crippen molar-refractivity contribution >= 4 is 35.0 Å². The molecule has 0 radical (unpaired) electrons. The molecule has 2 aromatic heterocycles. The first-order chi connectivity index (χ1) is 10.6. The Morgan fingerprint density at radius 2 is 2.04 bits per heavy atom. The van der Waals surface area contributed by atoms with Crippen molar-refractivity contribution in [1.29, 1.82) is 0 Å². The van der Waals surface area contributed by atoms with E-state index < -0.39 is 5.97 Å². The van der Waals surface area contributed by atoms with Crippen molar-refractivity contribution in [3.05, 3.63) is 41.7 Å². The van der Waals surface area contributed by atoms with Crippen molar-refractivity contribution in [2.75, 3.05) is 5.73 Å². The van der Waals surface area contributed by atoms with E-state index in [-0.39, 0.29) is 24.4 Å². The van der Waals surface area contributed by atoms with Gasteiger partial charge in [0, 0.05) is 17.1 Å². The molecule has 0 aliphatic heterocycles. The number of carboxylic acid groups (broad SMARTS) is 1. The lowest BCUT2D eigenvalue weighted by atomic mass is 9.91. The van der Waals surface area contributed by atoms with Crippen LogP contribution in [0.1, 0.15) is 11.3 Å². The molecule has 0 spiro atoms. The van der Waals surface area contributed by atoms with Crippen LogP contribution in [0, 0.1) is 0 Å². The number of hydrogen-bond donors (Lipinski definition) is 2. The van der Waals surface area contributed by atoms with Gasteiger partial charge in [-0.1, -0.05) is 18.2 Å². The lowest BCUT2D eigenvalue weighted by Crippen LogP contribution is -2.10. The molecule has 1 aromatic carbocycles. The summed E-state index contributed by atoms with van der Waals surface area (Å²) in [4.78, 5) is 15.6. The van der Waals surface area contributed by atoms with Gasteiger partial charge in [-0.2, -0.15) is 5.10 Å². The summed E-state index contributed by atoms with van der Waals surface area (Å²) in [5.74, 6) is -0.912. The number of para-hydroxylation sites is 1. The van der Waals surface area contributed by atoms with Crippen molar-refractivity contribution in [2.24, 2.45) is 0 Å². The van der Waals surface area contributed by atoms with Gasteiger partial charge in [0.2, 0.25) is 0 Å². The second kappa shape index (κ2) is 6.46. The Kier molecular flexibility index (Phi) is 4.77. The van der Waals surface area contributed by atoms with Gasteiger partial charge in [0.15, 0.2) is 0 Å². The summed E-state index contributed by atoms with van der Waals surface area (Å²) < 4.78 is 1.46. The van der Waals surface area contributed by atoms with Gasteiger partial charge in [0.25, 0.3) is 0 Å². The van der Waals surface area contributed by atoms with Crippen LogP contribution in [-0.4, -0.2) is 31.3 Å². The van der Waals surface area contributed by atoms with Gasteiger partial charge in [-0.25, -0.2) is 0 Å². The molecule has 0 saturated heterocycles. The molecule has 1 aliphatic carbocycles. The molecule has 24 heavy (non-hydrogen) atoms. The number of nitrogens with zero attached hydrogens (tertiary/aromatic N) is 3. The van der Waals surface area contributed by atoms with Crippen LogP contribution in [0.15, 0.2) is 30.5 Å². The third kappa shape index (κ3) is 2.68. The highest BCUT2D eigenvalue weighted by atomic mass is 35.5. The van der Waals surface area contributed by atoms with Crippen LogP contribution in [0.2, 0.25) is 0 Å². The summed E-state index contributed by atoms with van der Waals surface area (Å²) >= 11 is 0. The molecule has 0 saturated carbocycles. The third-order valence-electron chi connectivity index (χ3n) is 4.01. The number of rotatable bonds is 2. The quantitative estimate of drug-likeness (QED) is 0.725. The minimum atomic E-state index is -0.912. The standard InChI is InChI=1S/C16H14N4O2.ClH.H2O/c17-15-10-3-1-2-4-11(10)18-12-6-5-9-7-20(8-13(21)22)19-16(9)14(12)15;;/h1-4,7H,5-6,8H2,(H2,17,18)(H,21,22);1H;1H2. The van der Waals surface area contributed by atoms with Crippen LogP contribution in [0.4, 0.5) is 5.69 Å². The second-order valence-corrected chi connectivity index (χ2v) is 5.46. The minimum Gasteiger partial charge on any atom is -0.480 e. The van der Waals surface area contributed by atoms with Crippen LogP contribution >= 0.6 is 12.4 Å². The first kappa shape index (κ1) is 17.7. The Balaban J connectivity index is 0.00000104. The van der Waals surface area contributed by atoms with Crippen molar-refractivity contribution in [3.8, 4) is 11.3 Å². The molecule has 0 amide bonds. The number of aliphatic carboxylic acids is 1. The van der Waals surface area contributed by atoms with E-state index in [1.54, 1.807) is 6.20 Å². The Labute approximate surface area is 143 Å². The van der Waals surface area contributed by atoms with Crippen molar-refractivity contribution in [1.82, 2.24) is 14.8 Å². The normalized spacial score (nSPS) is 11.8. The number of aryl methyl sites for hydroxylation is 2. The highest BCUT2D eigenvalue weighted by Crippen LogP contribution is 2.38. The molecule has 0 bridgehead atoms. The van der Waals surface area contributed by atoms with E-state index in [1.807, 2.05) is 24.3 Å². The van der Waals surface area contributed by atoms with Crippen LogP contribution in [0.5, 0.6) is 0 Å². The Morgan fingerprint density at radius 3 is 2.79 bits per heavy atom. The summed E-state index contributed by atoms with van der Waals surface area (Å²) in [6.45, 7) is -0.150. The maximum atomic E-state index is 10.9. The molecule has 7 nitrogen and oxygen atoms in total. The molecular weight excluding hydrogens is 332 g/mol. The van der Waals surface area contributed by atoms with E-state index in [0.717, 1.165) is 46.3 Å². The third-order valence-corrected chi connectivity index (χ3v) is 4.01. The fraction of sp³-hybridized carbons (Fsp3) is 0.188. The number of pyridine rings is 1. The van der Waals surface area contributed by atoms with Crippen LogP contribution in [0.25, 0.3) is 22.2 Å². The monoisotopic (exact) mass is 348 g/mol. The number of benzene rings is 1. The molecule has 0 fully saturated rings. The van der Waals surface area contributed by atoms with E-state index in [9.17, 15) is 4.79 Å². The smallest absolute Gasteiger partial charge is 0.325 e. The highest BCUT2D eigenvalue weighted by Gasteiger charge is 2.25. The van der Waals surface area contributed by atoms with Gasteiger partial charge < -0.3 is 16.3 Å². The first-order valence-electron chi connectivity index (χ1n) is 7.09. The van der Waals surface area contributed by atoms with Gasteiger partial charge in [-0.15, -0.1) is 12.4 Å². The largest absolute Gasteiger partial charge is 0.480 e. The molecule has 4 rings (SSSR count). The van der Waals surface area contributed by atoms with E-state index in [1.165, 1.54) is 4.68 Å². The Morgan fingerprint density at radius 1 is 1.29 bits per heavy atom. The number of anilines is 1. The first-order valence-corrected chi connectivity index (χ1v) is 7.09. The number of carboxylic acids is 1. The van der Waals surface area contributed by atoms with Gasteiger partial charge in [-0.05, 0) is 24.5 Å². The average molecular weight is 349 g/mol. The van der Waals surface area contributed by atoms with E-state index in [2.05, 4.69) is 5.10 Å². The van der Waals surface area contributed by atoms with Crippen LogP contribution < -0.4 is 5.73 Å². The molecule has 8 heteroatoms. The van der Waals surface area contributed by atoms with E-state index in [0.29, 0.717) is 5.69 Å². The summed E-state index contributed by atoms with van der Waals surface area (Å²) in [6, 6.07) is 7.77. The number of fused-ring (bicyclic) bond motifs is 4. The second-order valence-electron chi connectivity index (χ2n) is 5.46. The zero-order chi connectivity index (χ0) is 15.3. The molecule has 3 aromatic rings. The predicted octanol–water partition coefficient (Wildman–Crippen LogP) is 1.46. The Hall–Kier alpha value is -2.64. The summed E-state index contributed by atoms with van der Waals surface area (Å²) in [5, 5.41) is 14.2. The zero-order valence-electron chi connectivity index (χ0n) is 12.7. The molecule has 2 heterocycles. The van der Waals surface area contributed by atoms with Gasteiger partial charge >= 0.3 is 5.97 Å². The molecule has 0 atom stereocenters. The molecule has 1 aliphatic rings. The van der Waals surface area contributed by atoms with Gasteiger partial charge in [0.1, 0.15) is 6.54 Å². The fourth-order valence-corrected chi connectivity index (χ4v) is 3.06. The number of hydrogen-bond acceptors (Lipinski definition) is 4. The number of halogens is 1. The topological polar surface area (TPSA) is 126 Å². The van der Waals surface area contributed by atoms with Crippen molar-refractivity contribution in [2.45, 2.75) is 19.4 Å². The van der Waals surface area contributed by atoms with Crippen LogP contribution in [0.3, 0.4) is 0 Å². The molecule has 126 valence electrons. The maximum absolute atomic E-state index is 10.9. The fourth-order valence-electron chi connectivity index (χ4n) is 3.06. The van der Waals surface area contributed by atoms with Gasteiger partial charge in [-0.3, -0.25) is 14.5 Å². The highest BCUT2D eigenvalue weighted by molar-refractivity contribution is 5.99.